The summed E-state index contributed by atoms with van der Waals surface area (Å²) in [5, 5.41) is 10.0. The lowest BCUT2D eigenvalue weighted by Crippen LogP contribution is -2.03. The summed E-state index contributed by atoms with van der Waals surface area (Å²) >= 11 is 6.01. The highest BCUT2D eigenvalue weighted by Crippen LogP contribution is 2.22. The van der Waals surface area contributed by atoms with Gasteiger partial charge < -0.3 is 4.74 Å². The molecule has 3 aromatic rings. The van der Waals surface area contributed by atoms with Crippen LogP contribution in [0.2, 0.25) is 5.02 Å². The zero-order chi connectivity index (χ0) is 22.2. The van der Waals surface area contributed by atoms with Gasteiger partial charge in [0.2, 0.25) is 0 Å². The molecule has 0 saturated carbocycles. The maximum Gasteiger partial charge on any atom is 0.336 e. The molecule has 4 heteroatoms. The highest BCUT2D eigenvalue weighted by molar-refractivity contribution is 6.30. The largest absolute Gasteiger partial charge is 0.423 e. The van der Waals surface area contributed by atoms with Gasteiger partial charge in [-0.25, -0.2) is 4.79 Å². The number of nitrogens with zero attached hydrogens (tertiary/aromatic N) is 1. The van der Waals surface area contributed by atoms with Gasteiger partial charge in [0.1, 0.15) is 5.75 Å². The second-order valence-electron chi connectivity index (χ2n) is 7.32. The summed E-state index contributed by atoms with van der Waals surface area (Å²) < 4.78 is 5.36. The summed E-state index contributed by atoms with van der Waals surface area (Å²) in [5.74, 6) is 0.451. The summed E-state index contributed by atoms with van der Waals surface area (Å²) in [4.78, 5) is 12.1. The van der Waals surface area contributed by atoms with E-state index in [1.165, 1.54) is 11.6 Å². The Kier molecular flexibility index (Phi) is 7.43. The number of ether oxygens (including phenoxy) is 1. The van der Waals surface area contributed by atoms with Gasteiger partial charge in [0.15, 0.2) is 0 Å². The fraction of sp³-hybridized carbons (Fsp3) is 0.111. The van der Waals surface area contributed by atoms with E-state index in [0.29, 0.717) is 22.3 Å². The van der Waals surface area contributed by atoms with Crippen LogP contribution in [-0.2, 0) is 4.79 Å². The lowest BCUT2D eigenvalue weighted by Gasteiger charge is -2.05. The van der Waals surface area contributed by atoms with Crippen LogP contribution in [0.3, 0.4) is 0 Å². The maximum atomic E-state index is 12.1. The summed E-state index contributed by atoms with van der Waals surface area (Å²) in [6.45, 7) is 4.28. The molecule has 0 spiro atoms. The molecule has 0 atom stereocenters. The van der Waals surface area contributed by atoms with Gasteiger partial charge in [-0.05, 0) is 64.6 Å². The van der Waals surface area contributed by atoms with Crippen LogP contribution in [0.5, 0.6) is 5.75 Å². The van der Waals surface area contributed by atoms with Crippen molar-refractivity contribution in [2.45, 2.75) is 19.8 Å². The first-order valence-electron chi connectivity index (χ1n) is 9.92. The number of allylic oxidation sites excluding steroid dienone is 1. The zero-order valence-electron chi connectivity index (χ0n) is 17.4. The van der Waals surface area contributed by atoms with E-state index in [1.54, 1.807) is 54.6 Å². The van der Waals surface area contributed by atoms with Gasteiger partial charge in [0, 0.05) is 11.1 Å². The molecule has 0 aliphatic rings. The van der Waals surface area contributed by atoms with E-state index >= 15 is 0 Å². The first-order valence-corrected chi connectivity index (χ1v) is 10.3. The van der Waals surface area contributed by atoms with E-state index in [4.69, 9.17) is 16.3 Å². The predicted octanol–water partition coefficient (Wildman–Crippen LogP) is 7.15. The van der Waals surface area contributed by atoms with Gasteiger partial charge in [-0.3, -0.25) is 0 Å². The topological polar surface area (TPSA) is 50.1 Å². The average molecular weight is 428 g/mol. The van der Waals surface area contributed by atoms with E-state index in [0.717, 1.165) is 16.7 Å². The lowest BCUT2D eigenvalue weighted by atomic mass is 10.0. The van der Waals surface area contributed by atoms with Gasteiger partial charge >= 0.3 is 5.97 Å². The number of carbonyl (C=O) groups excluding carboxylic acids is 1. The number of carbonyl (C=O) groups is 1. The molecule has 0 N–H and O–H groups in total. The average Bonchev–Trinajstić information content (AvgIpc) is 2.77. The van der Waals surface area contributed by atoms with E-state index in [1.807, 2.05) is 18.2 Å². The molecule has 0 aromatic heterocycles. The molecule has 0 aliphatic heterocycles. The molecular formula is C27H22ClNO2. The molecule has 154 valence electrons. The molecule has 0 radical (unpaired) electrons. The minimum atomic E-state index is -0.451. The molecule has 0 unspecified atom stereocenters. The standard InChI is InChI=1S/C27H22ClNO2/c1-19(2)22-11-6-20(7-12-22)10-15-27(30)31-26-13-8-21(9-14-26)16-24(18-29)23-4-3-5-25(28)17-23/h3-17,19H,1-2H3/b15-10+,24-16-. The molecule has 3 nitrogen and oxygen atoms in total. The second-order valence-corrected chi connectivity index (χ2v) is 7.76. The van der Waals surface area contributed by atoms with Crippen LogP contribution in [-0.4, -0.2) is 5.97 Å². The first kappa shape index (κ1) is 22.1. The first-order chi connectivity index (χ1) is 14.9. The smallest absolute Gasteiger partial charge is 0.336 e. The number of halogens is 1. The SMILES string of the molecule is CC(C)c1ccc(/C=C/C(=O)Oc2ccc(/C=C(/C#N)c3cccc(Cl)c3)cc2)cc1. The number of nitriles is 1. The van der Waals surface area contributed by atoms with Gasteiger partial charge in [-0.2, -0.15) is 5.26 Å². The molecule has 31 heavy (non-hydrogen) atoms. The van der Waals surface area contributed by atoms with Crippen LogP contribution >= 0.6 is 11.6 Å². The third kappa shape index (κ3) is 6.44. The molecule has 0 amide bonds. The normalized spacial score (nSPS) is 11.5. The minimum absolute atomic E-state index is 0.434. The number of benzene rings is 3. The summed E-state index contributed by atoms with van der Waals surface area (Å²) in [7, 11) is 0. The molecule has 0 bridgehead atoms. The molecule has 3 aromatic carbocycles. The van der Waals surface area contributed by atoms with Crippen molar-refractivity contribution in [3.63, 3.8) is 0 Å². The third-order valence-electron chi connectivity index (χ3n) is 4.68. The molecule has 3 rings (SSSR count). The number of esters is 1. The third-order valence-corrected chi connectivity index (χ3v) is 4.92. The van der Waals surface area contributed by atoms with Crippen molar-refractivity contribution in [2.75, 3.05) is 0 Å². The Morgan fingerprint density at radius 1 is 1.00 bits per heavy atom. The maximum absolute atomic E-state index is 12.1. The molecule has 0 saturated heterocycles. The predicted molar refractivity (Wildman–Crippen MR) is 127 cm³/mol. The van der Waals surface area contributed by atoms with Crippen molar-refractivity contribution in [1.29, 1.82) is 5.26 Å². The van der Waals surface area contributed by atoms with Crippen molar-refractivity contribution in [3.05, 3.63) is 106 Å². The van der Waals surface area contributed by atoms with Crippen LogP contribution in [0.4, 0.5) is 0 Å². The number of hydrogen-bond donors (Lipinski definition) is 0. The van der Waals surface area contributed by atoms with Crippen LogP contribution in [0.15, 0.2) is 78.9 Å². The lowest BCUT2D eigenvalue weighted by molar-refractivity contribution is -0.128. The quantitative estimate of drug-likeness (QED) is 0.138. The van der Waals surface area contributed by atoms with Crippen molar-refractivity contribution in [1.82, 2.24) is 0 Å². The Labute approximate surface area is 187 Å². The summed E-state index contributed by atoms with van der Waals surface area (Å²) in [5.41, 5.74) is 4.25. The van der Waals surface area contributed by atoms with E-state index in [-0.39, 0.29) is 0 Å². The van der Waals surface area contributed by atoms with Crippen LogP contribution in [0.25, 0.3) is 17.7 Å². The van der Waals surface area contributed by atoms with E-state index in [2.05, 4.69) is 32.0 Å². The second kappa shape index (κ2) is 10.4. The Morgan fingerprint density at radius 3 is 2.29 bits per heavy atom. The highest BCUT2D eigenvalue weighted by atomic mass is 35.5. The Morgan fingerprint density at radius 2 is 1.68 bits per heavy atom. The van der Waals surface area contributed by atoms with Gasteiger partial charge in [-0.1, -0.05) is 74.0 Å². The Bertz CT molecular complexity index is 1150. The minimum Gasteiger partial charge on any atom is -0.423 e. The highest BCUT2D eigenvalue weighted by Gasteiger charge is 2.04. The summed E-state index contributed by atoms with van der Waals surface area (Å²) in [6.07, 6.45) is 4.90. The summed E-state index contributed by atoms with van der Waals surface area (Å²) in [6, 6.07) is 24.4. The van der Waals surface area contributed by atoms with Gasteiger partial charge in [0.25, 0.3) is 0 Å². The molecule has 0 fully saturated rings. The monoisotopic (exact) mass is 427 g/mol. The number of hydrogen-bond acceptors (Lipinski definition) is 3. The van der Waals surface area contributed by atoms with Gasteiger partial charge in [0.05, 0.1) is 11.6 Å². The molecule has 0 aliphatic carbocycles. The Hall–Kier alpha value is -3.61. The fourth-order valence-electron chi connectivity index (χ4n) is 2.94. The van der Waals surface area contributed by atoms with Crippen LogP contribution in [0.1, 0.15) is 42.0 Å². The Balaban J connectivity index is 1.64. The van der Waals surface area contributed by atoms with Crippen molar-refractivity contribution >= 4 is 35.3 Å². The van der Waals surface area contributed by atoms with Crippen molar-refractivity contribution in [3.8, 4) is 11.8 Å². The van der Waals surface area contributed by atoms with Gasteiger partial charge in [-0.15, -0.1) is 0 Å². The molecule has 0 heterocycles. The number of rotatable bonds is 6. The van der Waals surface area contributed by atoms with Crippen molar-refractivity contribution < 1.29 is 9.53 Å². The molecular weight excluding hydrogens is 406 g/mol. The van der Waals surface area contributed by atoms with Crippen LogP contribution in [0, 0.1) is 11.3 Å². The van der Waals surface area contributed by atoms with Crippen LogP contribution < -0.4 is 4.74 Å². The zero-order valence-corrected chi connectivity index (χ0v) is 18.1. The van der Waals surface area contributed by atoms with Crippen molar-refractivity contribution in [2.24, 2.45) is 0 Å². The van der Waals surface area contributed by atoms with E-state index in [9.17, 15) is 10.1 Å². The fourth-order valence-corrected chi connectivity index (χ4v) is 3.13. The van der Waals surface area contributed by atoms with E-state index < -0.39 is 5.97 Å².